The van der Waals surface area contributed by atoms with E-state index in [0.717, 1.165) is 63.6 Å². The quantitative estimate of drug-likeness (QED) is 0.738. The highest BCUT2D eigenvalue weighted by molar-refractivity contribution is 5.69. The molecule has 0 N–H and O–H groups in total. The lowest BCUT2D eigenvalue weighted by Gasteiger charge is -2.39. The number of fused-ring (bicyclic) bond motifs is 2. The van der Waals surface area contributed by atoms with E-state index < -0.39 is 0 Å². The largest absolute Gasteiger partial charge is 0.496 e. The highest BCUT2D eigenvalue weighted by Gasteiger charge is 2.42. The molecule has 1 aromatic carbocycles. The topological polar surface area (TPSA) is 42.0 Å². The molecule has 3 saturated heterocycles. The van der Waals surface area contributed by atoms with Gasteiger partial charge in [-0.25, -0.2) is 9.18 Å². The summed E-state index contributed by atoms with van der Waals surface area (Å²) < 4.78 is 24.3. The van der Waals surface area contributed by atoms with Crippen LogP contribution in [0.15, 0.2) is 18.2 Å². The third kappa shape index (κ3) is 4.23. The van der Waals surface area contributed by atoms with Crippen LogP contribution in [0, 0.1) is 5.82 Å². The molecule has 3 heterocycles. The summed E-state index contributed by atoms with van der Waals surface area (Å²) in [5.74, 6) is 0.836. The second-order valence-corrected chi connectivity index (χ2v) is 8.65. The summed E-state index contributed by atoms with van der Waals surface area (Å²) in [6.45, 7) is 4.42. The molecule has 3 fully saturated rings. The highest BCUT2D eigenvalue weighted by atomic mass is 19.1. The number of carbonyl (C=O) groups excluding carboxylic acids is 1. The van der Waals surface area contributed by atoms with E-state index >= 15 is 0 Å². The molecule has 4 rings (SSSR count). The van der Waals surface area contributed by atoms with Crippen LogP contribution in [0.4, 0.5) is 9.18 Å². The zero-order chi connectivity index (χ0) is 20.4. The minimum absolute atomic E-state index is 0.122. The van der Waals surface area contributed by atoms with Crippen molar-refractivity contribution in [1.82, 2.24) is 9.80 Å². The molecule has 1 aromatic rings. The average Bonchev–Trinajstić information content (AvgIpc) is 3.02. The van der Waals surface area contributed by atoms with E-state index in [-0.39, 0.29) is 11.9 Å². The second kappa shape index (κ2) is 8.90. The van der Waals surface area contributed by atoms with Gasteiger partial charge < -0.3 is 19.3 Å². The molecular formula is C23H33FN2O3. The Balaban J connectivity index is 1.38. The van der Waals surface area contributed by atoms with Crippen LogP contribution in [0.25, 0.3) is 0 Å². The summed E-state index contributed by atoms with van der Waals surface area (Å²) >= 11 is 0. The van der Waals surface area contributed by atoms with Crippen LogP contribution >= 0.6 is 0 Å². The lowest BCUT2D eigenvalue weighted by Crippen LogP contribution is -2.44. The number of hydrogen-bond acceptors (Lipinski definition) is 4. The van der Waals surface area contributed by atoms with E-state index in [9.17, 15) is 9.18 Å². The first-order valence-electron chi connectivity index (χ1n) is 11.1. The predicted molar refractivity (Wildman–Crippen MR) is 110 cm³/mol. The number of hydrogen-bond donors (Lipinski definition) is 0. The lowest BCUT2D eigenvalue weighted by molar-refractivity contribution is 0.0845. The minimum Gasteiger partial charge on any atom is -0.496 e. The van der Waals surface area contributed by atoms with Crippen molar-refractivity contribution in [3.63, 3.8) is 0 Å². The number of benzene rings is 1. The van der Waals surface area contributed by atoms with Gasteiger partial charge in [0.2, 0.25) is 0 Å². The van der Waals surface area contributed by atoms with Gasteiger partial charge in [-0.1, -0.05) is 6.07 Å². The molecule has 2 bridgehead atoms. The SMILES string of the molecule is CCOC(=O)N1C2CCC(N3CCC(c4ccc(F)cc4OC)CC3)CC1CC2. The molecule has 0 saturated carbocycles. The van der Waals surface area contributed by atoms with Gasteiger partial charge in [0, 0.05) is 24.2 Å². The molecule has 3 atom stereocenters. The second-order valence-electron chi connectivity index (χ2n) is 8.65. The smallest absolute Gasteiger partial charge is 0.410 e. The van der Waals surface area contributed by atoms with Crippen molar-refractivity contribution in [2.45, 2.75) is 75.9 Å². The molecule has 0 radical (unpaired) electrons. The maximum Gasteiger partial charge on any atom is 0.410 e. The Morgan fingerprint density at radius 1 is 1.07 bits per heavy atom. The van der Waals surface area contributed by atoms with Gasteiger partial charge in [0.05, 0.1) is 13.7 Å². The van der Waals surface area contributed by atoms with Crippen LogP contribution in [-0.2, 0) is 4.74 Å². The first kappa shape index (κ1) is 20.5. The van der Waals surface area contributed by atoms with Crippen LogP contribution < -0.4 is 4.74 Å². The monoisotopic (exact) mass is 404 g/mol. The normalized spacial score (nSPS) is 28.2. The summed E-state index contributed by atoms with van der Waals surface area (Å²) in [5.41, 5.74) is 1.13. The number of ether oxygens (including phenoxy) is 2. The molecule has 0 aliphatic carbocycles. The molecule has 5 nitrogen and oxygen atoms in total. The number of piperidine rings is 1. The fourth-order valence-corrected chi connectivity index (χ4v) is 5.72. The standard InChI is InChI=1S/C23H33FN2O3/c1-3-29-23(27)26-18-5-7-19(15-20(26)8-6-18)25-12-10-16(11-13-25)21-9-4-17(24)14-22(21)28-2/h4,9,14,16,18-20H,3,5-8,10-13,15H2,1-2H3. The van der Waals surface area contributed by atoms with E-state index in [1.54, 1.807) is 7.11 Å². The van der Waals surface area contributed by atoms with E-state index in [1.165, 1.54) is 12.1 Å². The number of likely N-dealkylation sites (tertiary alicyclic amines) is 1. The van der Waals surface area contributed by atoms with Crippen LogP contribution in [0.3, 0.4) is 0 Å². The zero-order valence-electron chi connectivity index (χ0n) is 17.6. The average molecular weight is 405 g/mol. The van der Waals surface area contributed by atoms with Gasteiger partial charge in [0.1, 0.15) is 11.6 Å². The van der Waals surface area contributed by atoms with Crippen LogP contribution in [0.5, 0.6) is 5.75 Å². The van der Waals surface area contributed by atoms with Gasteiger partial charge >= 0.3 is 6.09 Å². The van der Waals surface area contributed by atoms with Crippen molar-refractivity contribution < 1.29 is 18.7 Å². The maximum atomic E-state index is 13.5. The minimum atomic E-state index is -0.248. The maximum absolute atomic E-state index is 13.5. The number of amides is 1. The molecule has 0 aromatic heterocycles. The predicted octanol–water partition coefficient (Wildman–Crippen LogP) is 4.56. The van der Waals surface area contributed by atoms with E-state index in [2.05, 4.69) is 4.90 Å². The Kier molecular flexibility index (Phi) is 6.28. The third-order valence-corrected chi connectivity index (χ3v) is 7.16. The van der Waals surface area contributed by atoms with E-state index in [1.807, 2.05) is 17.9 Å². The Hall–Kier alpha value is -1.82. The summed E-state index contributed by atoms with van der Waals surface area (Å²) in [5, 5.41) is 0. The number of rotatable bonds is 4. The van der Waals surface area contributed by atoms with Crippen molar-refractivity contribution >= 4 is 6.09 Å². The molecule has 3 aliphatic heterocycles. The van der Waals surface area contributed by atoms with Crippen molar-refractivity contribution in [2.75, 3.05) is 26.8 Å². The number of nitrogens with zero attached hydrogens (tertiary/aromatic N) is 2. The van der Waals surface area contributed by atoms with Gasteiger partial charge in [0.25, 0.3) is 0 Å². The van der Waals surface area contributed by atoms with E-state index in [0.29, 0.717) is 36.4 Å². The van der Waals surface area contributed by atoms with Crippen molar-refractivity contribution in [3.8, 4) is 5.75 Å². The van der Waals surface area contributed by atoms with Gasteiger partial charge in [0.15, 0.2) is 0 Å². The van der Waals surface area contributed by atoms with E-state index in [4.69, 9.17) is 9.47 Å². The molecule has 3 unspecified atom stereocenters. The highest BCUT2D eigenvalue weighted by Crippen LogP contribution is 2.39. The molecule has 29 heavy (non-hydrogen) atoms. The summed E-state index contributed by atoms with van der Waals surface area (Å²) in [7, 11) is 1.61. The molecule has 3 aliphatic rings. The Morgan fingerprint density at radius 3 is 2.45 bits per heavy atom. The van der Waals surface area contributed by atoms with Crippen molar-refractivity contribution in [3.05, 3.63) is 29.6 Å². The summed E-state index contributed by atoms with van der Waals surface area (Å²) in [6, 6.07) is 6.13. The Bertz CT molecular complexity index is 720. The fourth-order valence-electron chi connectivity index (χ4n) is 5.72. The van der Waals surface area contributed by atoms with Crippen molar-refractivity contribution in [2.24, 2.45) is 0 Å². The lowest BCUT2D eigenvalue weighted by atomic mass is 9.86. The Labute approximate surface area is 173 Å². The molecule has 160 valence electrons. The Morgan fingerprint density at radius 2 is 1.76 bits per heavy atom. The van der Waals surface area contributed by atoms with Gasteiger partial charge in [-0.15, -0.1) is 0 Å². The zero-order valence-corrected chi connectivity index (χ0v) is 17.6. The molecule has 0 spiro atoms. The number of carbonyl (C=O) groups is 1. The summed E-state index contributed by atoms with van der Waals surface area (Å²) in [6.07, 6.45) is 7.50. The number of halogens is 1. The number of methoxy groups -OCH3 is 1. The van der Waals surface area contributed by atoms with Crippen LogP contribution in [0.2, 0.25) is 0 Å². The molecule has 6 heteroatoms. The third-order valence-electron chi connectivity index (χ3n) is 7.16. The summed E-state index contributed by atoms with van der Waals surface area (Å²) in [4.78, 5) is 17.1. The fraction of sp³-hybridized carbons (Fsp3) is 0.696. The molecule has 1 amide bonds. The first-order chi connectivity index (χ1) is 14.1. The van der Waals surface area contributed by atoms with Gasteiger partial charge in [-0.3, -0.25) is 0 Å². The first-order valence-corrected chi connectivity index (χ1v) is 11.1. The van der Waals surface area contributed by atoms with Gasteiger partial charge in [-0.05, 0) is 82.5 Å². The van der Waals surface area contributed by atoms with Crippen LogP contribution in [0.1, 0.15) is 63.4 Å². The van der Waals surface area contributed by atoms with Crippen molar-refractivity contribution in [1.29, 1.82) is 0 Å². The van der Waals surface area contributed by atoms with Gasteiger partial charge in [-0.2, -0.15) is 0 Å². The molecular weight excluding hydrogens is 371 g/mol. The van der Waals surface area contributed by atoms with Crippen LogP contribution in [-0.4, -0.2) is 60.8 Å².